The van der Waals surface area contributed by atoms with Crippen LogP contribution in [0.5, 0.6) is 0 Å². The standard InChI is InChI=1S/C12H16F2N2/c1-16(11-7-15-8-11)5-4-9-6-10(13)2-3-12(9)14/h2-3,6,11,15H,4-5,7-8H2,1H3. The quantitative estimate of drug-likeness (QED) is 0.835. The second-order valence-electron chi connectivity index (χ2n) is 4.28. The fraction of sp³-hybridized carbons (Fsp3) is 0.500. The van der Waals surface area contributed by atoms with E-state index in [0.717, 1.165) is 25.7 Å². The lowest BCUT2D eigenvalue weighted by Crippen LogP contribution is -2.56. The zero-order valence-electron chi connectivity index (χ0n) is 9.34. The van der Waals surface area contributed by atoms with E-state index in [-0.39, 0.29) is 11.6 Å². The minimum absolute atomic E-state index is 0.318. The predicted molar refractivity (Wildman–Crippen MR) is 59.3 cm³/mol. The molecule has 0 aliphatic carbocycles. The van der Waals surface area contributed by atoms with Crippen molar-refractivity contribution in [1.29, 1.82) is 0 Å². The van der Waals surface area contributed by atoms with Gasteiger partial charge in [0.1, 0.15) is 11.6 Å². The van der Waals surface area contributed by atoms with Gasteiger partial charge in [-0.1, -0.05) is 0 Å². The molecule has 0 saturated carbocycles. The van der Waals surface area contributed by atoms with Crippen LogP contribution in [0.15, 0.2) is 18.2 Å². The van der Waals surface area contributed by atoms with Crippen molar-refractivity contribution in [3.8, 4) is 0 Å². The molecule has 16 heavy (non-hydrogen) atoms. The van der Waals surface area contributed by atoms with Crippen LogP contribution in [0.25, 0.3) is 0 Å². The Labute approximate surface area is 94.3 Å². The number of nitrogens with zero attached hydrogens (tertiary/aromatic N) is 1. The molecule has 1 aromatic carbocycles. The van der Waals surface area contributed by atoms with Gasteiger partial charge in [0.2, 0.25) is 0 Å². The SMILES string of the molecule is CN(CCc1cc(F)ccc1F)C1CNC1. The van der Waals surface area contributed by atoms with Crippen LogP contribution in [0.2, 0.25) is 0 Å². The van der Waals surface area contributed by atoms with E-state index in [1.165, 1.54) is 12.1 Å². The summed E-state index contributed by atoms with van der Waals surface area (Å²) in [4.78, 5) is 2.18. The fourth-order valence-corrected chi connectivity index (χ4v) is 1.80. The highest BCUT2D eigenvalue weighted by Crippen LogP contribution is 2.11. The van der Waals surface area contributed by atoms with Gasteiger partial charge in [0.25, 0.3) is 0 Å². The number of likely N-dealkylation sites (N-methyl/N-ethyl adjacent to an activating group) is 1. The average molecular weight is 226 g/mol. The summed E-state index contributed by atoms with van der Waals surface area (Å²) in [6.45, 7) is 2.73. The zero-order chi connectivity index (χ0) is 11.5. The average Bonchev–Trinajstić information content (AvgIpc) is 2.17. The number of halogens is 2. The molecular formula is C12H16F2N2. The molecule has 1 saturated heterocycles. The first-order valence-corrected chi connectivity index (χ1v) is 5.51. The van der Waals surface area contributed by atoms with Crippen molar-refractivity contribution in [1.82, 2.24) is 10.2 Å². The molecule has 1 fully saturated rings. The third-order valence-corrected chi connectivity index (χ3v) is 3.12. The minimum Gasteiger partial charge on any atom is -0.314 e. The molecule has 1 aliphatic rings. The Morgan fingerprint density at radius 1 is 1.38 bits per heavy atom. The molecule has 0 spiro atoms. The summed E-state index contributed by atoms with van der Waals surface area (Å²) in [5.74, 6) is -0.689. The van der Waals surface area contributed by atoms with Crippen LogP contribution in [0.1, 0.15) is 5.56 Å². The summed E-state index contributed by atoms with van der Waals surface area (Å²) in [5.41, 5.74) is 0.458. The van der Waals surface area contributed by atoms with Crippen LogP contribution in [0.3, 0.4) is 0 Å². The van der Waals surface area contributed by atoms with Crippen LogP contribution in [-0.4, -0.2) is 37.6 Å². The van der Waals surface area contributed by atoms with Gasteiger partial charge in [-0.05, 0) is 37.2 Å². The number of hydrogen-bond donors (Lipinski definition) is 1. The summed E-state index contributed by atoms with van der Waals surface area (Å²) in [6.07, 6.45) is 0.552. The van der Waals surface area contributed by atoms with Crippen molar-refractivity contribution in [3.05, 3.63) is 35.4 Å². The van der Waals surface area contributed by atoms with Crippen molar-refractivity contribution >= 4 is 0 Å². The monoisotopic (exact) mass is 226 g/mol. The maximum absolute atomic E-state index is 13.3. The Morgan fingerprint density at radius 3 is 2.75 bits per heavy atom. The summed E-state index contributed by atoms with van der Waals surface area (Å²) >= 11 is 0. The molecule has 1 heterocycles. The summed E-state index contributed by atoms with van der Waals surface area (Å²) in [7, 11) is 2.02. The Morgan fingerprint density at radius 2 is 2.12 bits per heavy atom. The molecule has 88 valence electrons. The van der Waals surface area contributed by atoms with Crippen molar-refractivity contribution in [3.63, 3.8) is 0 Å². The van der Waals surface area contributed by atoms with Crippen molar-refractivity contribution in [2.45, 2.75) is 12.5 Å². The lowest BCUT2D eigenvalue weighted by atomic mass is 10.1. The Hall–Kier alpha value is -1.00. The topological polar surface area (TPSA) is 15.3 Å². The van der Waals surface area contributed by atoms with E-state index in [1.54, 1.807) is 0 Å². The second kappa shape index (κ2) is 4.89. The smallest absolute Gasteiger partial charge is 0.126 e. The zero-order valence-corrected chi connectivity index (χ0v) is 9.34. The van der Waals surface area contributed by atoms with E-state index in [9.17, 15) is 8.78 Å². The van der Waals surface area contributed by atoms with E-state index in [4.69, 9.17) is 0 Å². The maximum atomic E-state index is 13.3. The van der Waals surface area contributed by atoms with E-state index in [2.05, 4.69) is 10.2 Å². The Kier molecular flexibility index (Phi) is 3.51. The van der Waals surface area contributed by atoms with Gasteiger partial charge in [0, 0.05) is 25.7 Å². The molecule has 0 unspecified atom stereocenters. The molecule has 0 atom stereocenters. The van der Waals surface area contributed by atoms with Gasteiger partial charge in [-0.25, -0.2) is 8.78 Å². The predicted octanol–water partition coefficient (Wildman–Crippen LogP) is 1.41. The highest BCUT2D eigenvalue weighted by Gasteiger charge is 2.21. The number of rotatable bonds is 4. The first kappa shape index (κ1) is 11.5. The van der Waals surface area contributed by atoms with Crippen LogP contribution in [-0.2, 0) is 6.42 Å². The van der Waals surface area contributed by atoms with Gasteiger partial charge in [-0.15, -0.1) is 0 Å². The van der Waals surface area contributed by atoms with E-state index in [1.807, 2.05) is 7.05 Å². The van der Waals surface area contributed by atoms with Gasteiger partial charge in [0.05, 0.1) is 0 Å². The first-order valence-electron chi connectivity index (χ1n) is 5.51. The normalized spacial score (nSPS) is 16.5. The lowest BCUT2D eigenvalue weighted by Gasteiger charge is -2.35. The lowest BCUT2D eigenvalue weighted by molar-refractivity contribution is 0.182. The summed E-state index contributed by atoms with van der Waals surface area (Å²) in [6, 6.07) is 4.16. The van der Waals surface area contributed by atoms with Gasteiger partial charge in [-0.2, -0.15) is 0 Å². The Bertz CT molecular complexity index is 364. The van der Waals surface area contributed by atoms with Crippen molar-refractivity contribution < 1.29 is 8.78 Å². The van der Waals surface area contributed by atoms with E-state index < -0.39 is 0 Å². The molecule has 1 aliphatic heterocycles. The fourth-order valence-electron chi connectivity index (χ4n) is 1.80. The third kappa shape index (κ3) is 2.57. The number of nitrogens with one attached hydrogen (secondary N) is 1. The molecule has 0 radical (unpaired) electrons. The van der Waals surface area contributed by atoms with Gasteiger partial charge < -0.3 is 10.2 Å². The largest absolute Gasteiger partial charge is 0.314 e. The second-order valence-corrected chi connectivity index (χ2v) is 4.28. The molecular weight excluding hydrogens is 210 g/mol. The van der Waals surface area contributed by atoms with Crippen molar-refractivity contribution in [2.75, 3.05) is 26.7 Å². The molecule has 0 bridgehead atoms. The number of benzene rings is 1. The van der Waals surface area contributed by atoms with Crippen LogP contribution in [0, 0.1) is 11.6 Å². The van der Waals surface area contributed by atoms with Crippen LogP contribution in [0.4, 0.5) is 8.78 Å². The van der Waals surface area contributed by atoms with Crippen LogP contribution < -0.4 is 5.32 Å². The third-order valence-electron chi connectivity index (χ3n) is 3.12. The van der Waals surface area contributed by atoms with E-state index in [0.29, 0.717) is 18.0 Å². The maximum Gasteiger partial charge on any atom is 0.126 e. The highest BCUT2D eigenvalue weighted by molar-refractivity contribution is 5.19. The summed E-state index contributed by atoms with van der Waals surface area (Å²) < 4.78 is 26.2. The molecule has 2 rings (SSSR count). The van der Waals surface area contributed by atoms with Gasteiger partial charge in [-0.3, -0.25) is 0 Å². The molecule has 2 nitrogen and oxygen atoms in total. The van der Waals surface area contributed by atoms with Crippen molar-refractivity contribution in [2.24, 2.45) is 0 Å². The molecule has 0 aromatic heterocycles. The molecule has 1 aromatic rings. The molecule has 4 heteroatoms. The highest BCUT2D eigenvalue weighted by atomic mass is 19.1. The van der Waals surface area contributed by atoms with Gasteiger partial charge in [0.15, 0.2) is 0 Å². The van der Waals surface area contributed by atoms with Gasteiger partial charge >= 0.3 is 0 Å². The first-order chi connectivity index (χ1) is 7.66. The van der Waals surface area contributed by atoms with E-state index >= 15 is 0 Å². The summed E-state index contributed by atoms with van der Waals surface area (Å²) in [5, 5.41) is 3.19. The molecule has 0 amide bonds. The molecule has 1 N–H and O–H groups in total. The minimum atomic E-state index is -0.371. The van der Waals surface area contributed by atoms with Crippen LogP contribution >= 0.6 is 0 Å². The number of hydrogen-bond acceptors (Lipinski definition) is 2. The Balaban J connectivity index is 1.90.